The van der Waals surface area contributed by atoms with Gasteiger partial charge < -0.3 is 4.57 Å². The lowest BCUT2D eigenvalue weighted by atomic mass is 10.3. The third-order valence-corrected chi connectivity index (χ3v) is 5.69. The van der Waals surface area contributed by atoms with E-state index < -0.39 is 0 Å². The molecule has 0 bridgehead atoms. The van der Waals surface area contributed by atoms with Crippen molar-refractivity contribution in [2.45, 2.75) is 6.92 Å². The van der Waals surface area contributed by atoms with Gasteiger partial charge in [-0.05, 0) is 31.2 Å². The van der Waals surface area contributed by atoms with E-state index in [-0.39, 0.29) is 5.56 Å². The number of rotatable bonds is 3. The van der Waals surface area contributed by atoms with Gasteiger partial charge in [0.15, 0.2) is 0 Å². The molecule has 0 atom stereocenters. The number of para-hydroxylation sites is 2. The van der Waals surface area contributed by atoms with Crippen molar-refractivity contribution >= 4 is 27.8 Å². The largest absolute Gasteiger partial charge is 0.318 e. The topological polar surface area (TPSA) is 56.6 Å². The molecule has 0 amide bonds. The van der Waals surface area contributed by atoms with Crippen molar-refractivity contribution in [3.05, 3.63) is 81.0 Å². The zero-order valence-corrected chi connectivity index (χ0v) is 16.1. The summed E-state index contributed by atoms with van der Waals surface area (Å²) in [5.41, 5.74) is 3.26. The van der Waals surface area contributed by atoms with Crippen molar-refractivity contribution < 1.29 is 0 Å². The first-order valence-electron chi connectivity index (χ1n) is 8.53. The van der Waals surface area contributed by atoms with Crippen molar-refractivity contribution in [3.63, 3.8) is 0 Å². The molecule has 4 rings (SSSR count). The van der Waals surface area contributed by atoms with Crippen LogP contribution in [0.25, 0.3) is 15.9 Å². The van der Waals surface area contributed by atoms with Crippen molar-refractivity contribution in [3.8, 4) is 5.69 Å². The van der Waals surface area contributed by atoms with E-state index in [2.05, 4.69) is 22.3 Å². The molecule has 0 fully saturated rings. The maximum absolute atomic E-state index is 12.7. The number of hydrogen-bond acceptors (Lipinski definition) is 4. The summed E-state index contributed by atoms with van der Waals surface area (Å²) in [4.78, 5) is 13.5. The molecular formula is C20H19N5OS. The van der Waals surface area contributed by atoms with Gasteiger partial charge in [-0.25, -0.2) is 4.68 Å². The lowest BCUT2D eigenvalue weighted by molar-refractivity contribution is 0.643. The summed E-state index contributed by atoms with van der Waals surface area (Å²) in [5, 5.41) is 8.61. The van der Waals surface area contributed by atoms with Gasteiger partial charge in [-0.15, -0.1) is 5.10 Å². The average molecular weight is 377 g/mol. The molecule has 2 aromatic carbocycles. The predicted molar refractivity (Wildman–Crippen MR) is 110 cm³/mol. The van der Waals surface area contributed by atoms with Gasteiger partial charge in [-0.3, -0.25) is 9.48 Å². The van der Waals surface area contributed by atoms with Gasteiger partial charge in [0.2, 0.25) is 4.80 Å². The Balaban J connectivity index is 1.77. The van der Waals surface area contributed by atoms with Crippen LogP contribution in [0.15, 0.2) is 69.6 Å². The Bertz CT molecular complexity index is 1270. The first-order chi connectivity index (χ1) is 13.1. The first kappa shape index (κ1) is 17.2. The molecule has 0 unspecified atom stereocenters. The van der Waals surface area contributed by atoms with E-state index >= 15 is 0 Å². The summed E-state index contributed by atoms with van der Waals surface area (Å²) in [7, 11) is 3.82. The number of nitrogens with zero attached hydrogens (tertiary/aromatic N) is 5. The second-order valence-electron chi connectivity index (χ2n) is 6.24. The Morgan fingerprint density at radius 3 is 2.44 bits per heavy atom. The van der Waals surface area contributed by atoms with E-state index in [1.807, 2.05) is 68.1 Å². The Hall–Kier alpha value is -3.19. The monoisotopic (exact) mass is 377 g/mol. The van der Waals surface area contributed by atoms with E-state index in [1.54, 1.807) is 26.9 Å². The van der Waals surface area contributed by atoms with Crippen LogP contribution in [0.1, 0.15) is 11.3 Å². The summed E-state index contributed by atoms with van der Waals surface area (Å²) in [5.74, 6) is 0. The van der Waals surface area contributed by atoms with Crippen LogP contribution in [-0.2, 0) is 14.1 Å². The zero-order valence-electron chi connectivity index (χ0n) is 15.3. The maximum Gasteiger partial charge on any atom is 0.274 e. The molecule has 0 aliphatic rings. The van der Waals surface area contributed by atoms with Crippen molar-refractivity contribution in [2.75, 3.05) is 0 Å². The van der Waals surface area contributed by atoms with Crippen molar-refractivity contribution in [1.82, 2.24) is 13.9 Å². The molecule has 136 valence electrons. The summed E-state index contributed by atoms with van der Waals surface area (Å²) in [6.45, 7) is 1.81. The zero-order chi connectivity index (χ0) is 19.0. The van der Waals surface area contributed by atoms with Gasteiger partial charge >= 0.3 is 0 Å². The lowest BCUT2D eigenvalue weighted by Crippen LogP contribution is -2.20. The minimum atomic E-state index is -0.0578. The predicted octanol–water partition coefficient (Wildman–Crippen LogP) is 2.97. The molecule has 0 N–H and O–H groups in total. The molecular weight excluding hydrogens is 358 g/mol. The highest BCUT2D eigenvalue weighted by molar-refractivity contribution is 7.16. The van der Waals surface area contributed by atoms with Gasteiger partial charge in [0.25, 0.3) is 5.56 Å². The maximum atomic E-state index is 12.7. The molecule has 2 heterocycles. The third kappa shape index (κ3) is 2.96. The first-order valence-corrected chi connectivity index (χ1v) is 9.35. The normalized spacial score (nSPS) is 12.5. The average Bonchev–Trinajstić information content (AvgIpc) is 3.11. The minimum Gasteiger partial charge on any atom is -0.318 e. The summed E-state index contributed by atoms with van der Waals surface area (Å²) >= 11 is 1.58. The highest BCUT2D eigenvalue weighted by atomic mass is 32.1. The van der Waals surface area contributed by atoms with E-state index in [0.29, 0.717) is 5.56 Å². The van der Waals surface area contributed by atoms with Crippen LogP contribution in [0.5, 0.6) is 0 Å². The molecule has 0 aliphatic heterocycles. The lowest BCUT2D eigenvalue weighted by Gasteiger charge is -2.07. The fourth-order valence-corrected chi connectivity index (χ4v) is 4.08. The highest BCUT2D eigenvalue weighted by Gasteiger charge is 2.13. The summed E-state index contributed by atoms with van der Waals surface area (Å²) in [6.07, 6.45) is 1.64. The van der Waals surface area contributed by atoms with E-state index in [9.17, 15) is 4.79 Å². The number of aryl methyl sites for hydroxylation is 1. The Kier molecular flexibility index (Phi) is 4.37. The minimum absolute atomic E-state index is 0.0578. The van der Waals surface area contributed by atoms with E-state index in [4.69, 9.17) is 0 Å². The Morgan fingerprint density at radius 1 is 1.00 bits per heavy atom. The van der Waals surface area contributed by atoms with Gasteiger partial charge in [-0.2, -0.15) is 5.10 Å². The quantitative estimate of drug-likeness (QED) is 0.400. The number of benzene rings is 2. The van der Waals surface area contributed by atoms with E-state index in [1.165, 1.54) is 0 Å². The van der Waals surface area contributed by atoms with Gasteiger partial charge in [0, 0.05) is 19.7 Å². The Labute approximate surface area is 159 Å². The molecule has 0 saturated heterocycles. The number of hydrogen-bond donors (Lipinski definition) is 0. The second kappa shape index (κ2) is 6.85. The van der Waals surface area contributed by atoms with Crippen LogP contribution in [0, 0.1) is 6.92 Å². The highest BCUT2D eigenvalue weighted by Crippen LogP contribution is 2.15. The smallest absolute Gasteiger partial charge is 0.274 e. The molecule has 2 aromatic heterocycles. The third-order valence-electron chi connectivity index (χ3n) is 4.58. The van der Waals surface area contributed by atoms with Crippen LogP contribution < -0.4 is 10.4 Å². The standard InChI is InChI=1S/C20H19N5OS/c1-14-17(24(3)25(19(14)26)15-9-5-4-6-10-15)13-21-22-20-23(2)16-11-7-8-12-18(16)27-20/h4-13H,1-3H3. The SMILES string of the molecule is Cc1c(C=NN=c2sc3ccccc3n2C)n(C)n(-c2ccccc2)c1=O. The fourth-order valence-electron chi connectivity index (χ4n) is 3.11. The molecule has 7 heteroatoms. The Morgan fingerprint density at radius 2 is 1.70 bits per heavy atom. The van der Waals surface area contributed by atoms with Crippen LogP contribution >= 0.6 is 11.3 Å². The molecule has 4 aromatic rings. The van der Waals surface area contributed by atoms with Gasteiger partial charge in [0.1, 0.15) is 0 Å². The molecule has 0 aliphatic carbocycles. The van der Waals surface area contributed by atoms with Crippen LogP contribution in [0.3, 0.4) is 0 Å². The van der Waals surface area contributed by atoms with Gasteiger partial charge in [-0.1, -0.05) is 41.7 Å². The van der Waals surface area contributed by atoms with E-state index in [0.717, 1.165) is 26.4 Å². The number of aromatic nitrogens is 3. The molecule has 6 nitrogen and oxygen atoms in total. The number of fused-ring (bicyclic) bond motifs is 1. The van der Waals surface area contributed by atoms with Crippen molar-refractivity contribution in [1.29, 1.82) is 0 Å². The van der Waals surface area contributed by atoms with Crippen LogP contribution in [-0.4, -0.2) is 20.1 Å². The van der Waals surface area contributed by atoms with Crippen LogP contribution in [0.4, 0.5) is 0 Å². The van der Waals surface area contributed by atoms with Crippen molar-refractivity contribution in [2.24, 2.45) is 24.3 Å². The van der Waals surface area contributed by atoms with Crippen LogP contribution in [0.2, 0.25) is 0 Å². The molecule has 27 heavy (non-hydrogen) atoms. The second-order valence-corrected chi connectivity index (χ2v) is 7.25. The molecule has 0 spiro atoms. The summed E-state index contributed by atoms with van der Waals surface area (Å²) in [6, 6.07) is 17.7. The number of thiazole rings is 1. The fraction of sp³-hybridized carbons (Fsp3) is 0.150. The molecule has 0 radical (unpaired) electrons. The van der Waals surface area contributed by atoms with Gasteiger partial charge in [0.05, 0.1) is 27.8 Å². The summed E-state index contributed by atoms with van der Waals surface area (Å²) < 4.78 is 6.61. The molecule has 0 saturated carbocycles.